The van der Waals surface area contributed by atoms with Crippen molar-refractivity contribution in [2.45, 2.75) is 106 Å². The van der Waals surface area contributed by atoms with Crippen molar-refractivity contribution in [2.75, 3.05) is 51.4 Å². The molecule has 0 saturated heterocycles. The number of fused-ring (bicyclic) bond motifs is 5. The zero-order valence-electron chi connectivity index (χ0n) is 80.2. The van der Waals surface area contributed by atoms with Gasteiger partial charge in [0.2, 0.25) is 0 Å². The summed E-state index contributed by atoms with van der Waals surface area (Å²) in [5.74, 6) is 5.77. The second-order valence-electron chi connectivity index (χ2n) is 37.3. The molecule has 4 aliphatic carbocycles. The van der Waals surface area contributed by atoms with E-state index >= 15 is 0 Å². The summed E-state index contributed by atoms with van der Waals surface area (Å²) < 4.78 is 45.5. The van der Waals surface area contributed by atoms with Crippen LogP contribution in [0.2, 0.25) is 0 Å². The summed E-state index contributed by atoms with van der Waals surface area (Å²) in [5, 5.41) is 0. The van der Waals surface area contributed by atoms with Crippen molar-refractivity contribution in [2.24, 2.45) is 22.9 Å². The molecule has 145 heavy (non-hydrogen) atoms. The summed E-state index contributed by atoms with van der Waals surface area (Å²) in [7, 11) is 6.49. The fourth-order valence-electron chi connectivity index (χ4n) is 19.6. The highest BCUT2D eigenvalue weighted by molar-refractivity contribution is 7.16. The fraction of sp³-hybridized carbons (Fsp3) is 0.184. The van der Waals surface area contributed by atoms with Gasteiger partial charge in [0.1, 0.15) is 56.9 Å². The van der Waals surface area contributed by atoms with Gasteiger partial charge >= 0.3 is 0 Å². The number of anilines is 4. The van der Waals surface area contributed by atoms with Crippen molar-refractivity contribution in [3.63, 3.8) is 0 Å². The molecule has 25 rings (SSSR count). The van der Waals surface area contributed by atoms with Crippen LogP contribution in [0.15, 0.2) is 303 Å². The highest BCUT2D eigenvalue weighted by Gasteiger charge is 2.39. The maximum absolute atomic E-state index is 14.8. The summed E-state index contributed by atoms with van der Waals surface area (Å²) in [4.78, 5) is 61.3. The molecule has 13 aromatic heterocycles. The average Bonchev–Trinajstić information content (AvgIpc) is 1.62. The molecule has 722 valence electrons. The second kappa shape index (κ2) is 38.5. The molecule has 0 aliphatic heterocycles. The third-order valence-corrected chi connectivity index (χ3v) is 29.2. The maximum Gasteiger partial charge on any atom is 0.165 e. The standard InChI is InChI=1S/C29H28N6O2.C29H28N6O.C28H25FN6O.C28H23N7S/c1-36-24-13-6-18(17-25(24)37-2)22-11-12-23-28(33-22)35(27(34-23)21-5-3-16-32-26(21)30)20-9-7-19(8-10-20)29(31)14-4-15-29;1-36-18-19-5-2-6-20(17-19)24-12-13-25-28(33-24)35(27(34-25)23-7-3-16-32-26(23)30)22-10-8-21(9-11-22)29(31)14-4-15-29;1-36-19-9-10-22(29)21(16-19)23-11-12-24-27(33-23)35(26(34-24)20-4-2-15-32-25(20)30)18-7-5-17(6-8-18)28(31)13-3-14-28;29-25-20(3-1-14-31-25)26-34-22-10-9-21(17-4-11-24-23(15-17)32-16-36-24)33-27(22)35(26)19-7-5-18(6-8-19)28(30)12-2-13-28/h3,5-13,16-17H,4,14-15,31H2,1-2H3,(H2,30,32);2-3,5-13,16-17H,4,14-15,18,31H2,1H3,(H2,30,32);2,4-12,15-16H,3,13-14,31H2,1H3,(H2,30,32);1,3-11,14-16H,2,12-13,30H2,(H2,29,31). The topological polar surface area (TPSA) is 432 Å². The molecular weight excluding hydrogens is 1830 g/mol. The smallest absolute Gasteiger partial charge is 0.165 e. The Labute approximate surface area is 838 Å². The molecule has 4 saturated carbocycles. The number of benzene rings is 8. The monoisotopic (exact) mass is 1940 g/mol. The summed E-state index contributed by atoms with van der Waals surface area (Å²) >= 11 is 1.63. The number of rotatable bonds is 21. The van der Waals surface area contributed by atoms with Gasteiger partial charge < -0.3 is 64.8 Å². The number of hydrogen-bond donors (Lipinski definition) is 8. The lowest BCUT2D eigenvalue weighted by molar-refractivity contribution is 0.185. The Morgan fingerprint density at radius 1 is 0.310 bits per heavy atom. The van der Waals surface area contributed by atoms with Crippen molar-refractivity contribution in [1.82, 2.24) is 83.1 Å². The van der Waals surface area contributed by atoms with Gasteiger partial charge in [-0.05, 0) is 305 Å². The van der Waals surface area contributed by atoms with E-state index in [0.29, 0.717) is 104 Å². The van der Waals surface area contributed by atoms with Crippen LogP contribution in [0.4, 0.5) is 27.7 Å². The highest BCUT2D eigenvalue weighted by atomic mass is 32.1. The molecule has 4 fully saturated rings. The predicted molar refractivity (Wildman–Crippen MR) is 570 cm³/mol. The second-order valence-corrected chi connectivity index (χ2v) is 38.2. The van der Waals surface area contributed by atoms with Gasteiger partial charge in [-0.25, -0.2) is 69.2 Å². The number of aromatic nitrogens is 17. The Morgan fingerprint density at radius 2 is 0.662 bits per heavy atom. The summed E-state index contributed by atoms with van der Waals surface area (Å²) in [6.07, 6.45) is 19.4. The van der Waals surface area contributed by atoms with Gasteiger partial charge in [-0.2, -0.15) is 0 Å². The molecule has 0 spiro atoms. The third-order valence-electron chi connectivity index (χ3n) is 28.4. The van der Waals surface area contributed by atoms with E-state index in [-0.39, 0.29) is 28.0 Å². The van der Waals surface area contributed by atoms with E-state index in [1.165, 1.54) is 18.9 Å². The van der Waals surface area contributed by atoms with E-state index < -0.39 is 0 Å². The minimum absolute atomic E-state index is 0.216. The molecule has 13 heterocycles. The van der Waals surface area contributed by atoms with Gasteiger partial charge in [-0.1, -0.05) is 72.8 Å². The van der Waals surface area contributed by atoms with E-state index in [9.17, 15) is 4.39 Å². The normalized spacial score (nSPS) is 14.6. The molecule has 0 radical (unpaired) electrons. The quantitative estimate of drug-likeness (QED) is 0.0331. The van der Waals surface area contributed by atoms with Crippen molar-refractivity contribution >= 4 is 89.5 Å². The van der Waals surface area contributed by atoms with E-state index in [1.807, 2.05) is 148 Å². The molecule has 16 N–H and O–H groups in total. The van der Waals surface area contributed by atoms with Gasteiger partial charge in [0.15, 0.2) is 57.4 Å². The molecule has 29 nitrogen and oxygen atoms in total. The molecule has 0 atom stereocenters. The van der Waals surface area contributed by atoms with Crippen LogP contribution in [0.5, 0.6) is 17.2 Å². The Morgan fingerprint density at radius 3 is 1.01 bits per heavy atom. The van der Waals surface area contributed by atoms with Gasteiger partial charge in [-0.15, -0.1) is 11.3 Å². The Hall–Kier alpha value is -16.9. The molecule has 21 aromatic rings. The van der Waals surface area contributed by atoms with E-state index in [2.05, 4.69) is 149 Å². The minimum Gasteiger partial charge on any atom is -0.497 e. The third kappa shape index (κ3) is 17.7. The number of pyridine rings is 8. The highest BCUT2D eigenvalue weighted by Crippen LogP contribution is 2.47. The molecule has 4 aliphatic rings. The Bertz CT molecular complexity index is 8460. The first-order valence-electron chi connectivity index (χ1n) is 48.1. The lowest BCUT2D eigenvalue weighted by Gasteiger charge is -2.38. The van der Waals surface area contributed by atoms with E-state index in [4.69, 9.17) is 105 Å². The summed E-state index contributed by atoms with van der Waals surface area (Å²) in [6, 6.07) is 88.8. The zero-order chi connectivity index (χ0) is 99.4. The first-order valence-corrected chi connectivity index (χ1v) is 49.0. The zero-order valence-corrected chi connectivity index (χ0v) is 81.0. The molecular formula is C114H104FN25O4S. The summed E-state index contributed by atoms with van der Waals surface area (Å²) in [6.45, 7) is 0.549. The SMILES string of the molecule is COCc1cccc(-c2ccc3nc(-c4cccnc4N)n(-c4ccc(C5(N)CCC5)cc4)c3n2)c1.COc1ccc(-c2ccc3nc(-c4cccnc4N)n(-c4ccc(C5(N)CCC5)cc4)c3n2)cc1OC.COc1ccc(F)c(-c2ccc3nc(-c4cccnc4N)n(-c4ccc(C5(N)CCC5)cc4)c3n2)c1.Nc1ncccc1-c1nc2ccc(-c3ccc4scnc4c3)nc2n1-c1ccc(C2(N)CCC2)cc1. The van der Waals surface area contributed by atoms with Crippen LogP contribution in [-0.4, -0.2) is 111 Å². The van der Waals surface area contributed by atoms with Gasteiger partial charge in [0, 0.05) is 99.1 Å². The minimum atomic E-state index is -0.386. The van der Waals surface area contributed by atoms with Crippen molar-refractivity contribution in [3.05, 3.63) is 337 Å². The van der Waals surface area contributed by atoms with Crippen molar-refractivity contribution < 1.29 is 23.3 Å². The number of nitrogens with two attached hydrogens (primary N) is 8. The van der Waals surface area contributed by atoms with Crippen LogP contribution in [-0.2, 0) is 33.5 Å². The summed E-state index contributed by atoms with van der Waals surface area (Å²) in [5.41, 5.74) is 77.6. The average molecular weight is 1940 g/mol. The molecule has 0 bridgehead atoms. The first kappa shape index (κ1) is 93.0. The van der Waals surface area contributed by atoms with Gasteiger partial charge in [0.05, 0.1) is 88.7 Å². The van der Waals surface area contributed by atoms with Crippen LogP contribution in [0.3, 0.4) is 0 Å². The number of methoxy groups -OCH3 is 4. The number of halogens is 1. The van der Waals surface area contributed by atoms with Crippen LogP contribution in [0.1, 0.15) is 105 Å². The number of imidazole rings is 4. The number of hydrogen-bond acceptors (Lipinski definition) is 26. The van der Waals surface area contributed by atoms with Crippen LogP contribution >= 0.6 is 11.3 Å². The van der Waals surface area contributed by atoms with Gasteiger partial charge in [0.25, 0.3) is 0 Å². The largest absolute Gasteiger partial charge is 0.497 e. The van der Waals surface area contributed by atoms with Crippen molar-refractivity contribution in [3.8, 4) is 131 Å². The van der Waals surface area contributed by atoms with Crippen molar-refractivity contribution in [1.29, 1.82) is 0 Å². The number of thiazole rings is 1. The number of nitrogen functional groups attached to an aromatic ring is 4. The number of nitrogens with zero attached hydrogens (tertiary/aromatic N) is 17. The van der Waals surface area contributed by atoms with Crippen LogP contribution in [0, 0.1) is 5.82 Å². The first-order chi connectivity index (χ1) is 70.6. The van der Waals surface area contributed by atoms with Crippen LogP contribution in [0.25, 0.3) is 168 Å². The van der Waals surface area contributed by atoms with Gasteiger partial charge in [-0.3, -0.25) is 18.3 Å². The fourth-order valence-corrected chi connectivity index (χ4v) is 20.2. The molecule has 0 amide bonds. The van der Waals surface area contributed by atoms with E-state index in [1.54, 1.807) is 82.8 Å². The molecule has 31 heteroatoms. The number of ether oxygens (including phenoxy) is 4. The Balaban J connectivity index is 0.000000110. The maximum atomic E-state index is 14.8. The lowest BCUT2D eigenvalue weighted by Crippen LogP contribution is -2.43. The molecule has 8 aromatic carbocycles. The Kier molecular flexibility index (Phi) is 24.7. The predicted octanol–water partition coefficient (Wildman–Crippen LogP) is 21.2. The molecule has 0 unspecified atom stereocenters. The lowest BCUT2D eigenvalue weighted by atomic mass is 9.73. The van der Waals surface area contributed by atoms with Crippen LogP contribution < -0.4 is 60.1 Å². The van der Waals surface area contributed by atoms with E-state index in [0.717, 1.165) is 203 Å².